The van der Waals surface area contributed by atoms with Crippen molar-refractivity contribution in [2.45, 2.75) is 62.8 Å². The Hall–Kier alpha value is -0.610. The van der Waals surface area contributed by atoms with Gasteiger partial charge >= 0.3 is 5.97 Å². The van der Waals surface area contributed by atoms with E-state index in [-0.39, 0.29) is 11.9 Å². The molecule has 4 aliphatic rings. The molecule has 0 bridgehead atoms. The van der Waals surface area contributed by atoms with Crippen LogP contribution in [0.2, 0.25) is 0 Å². The van der Waals surface area contributed by atoms with Crippen LogP contribution in [-0.4, -0.2) is 36.9 Å². The summed E-state index contributed by atoms with van der Waals surface area (Å²) in [7, 11) is 0. The van der Waals surface area contributed by atoms with Crippen molar-refractivity contribution in [2.75, 3.05) is 6.61 Å². The zero-order valence-corrected chi connectivity index (χ0v) is 10.6. The molecular formula is C14H21NO3. The highest BCUT2D eigenvalue weighted by Gasteiger charge is 2.46. The molecule has 4 nitrogen and oxygen atoms in total. The lowest BCUT2D eigenvalue weighted by molar-refractivity contribution is -0.151. The van der Waals surface area contributed by atoms with Crippen molar-refractivity contribution in [3.8, 4) is 0 Å². The molecule has 1 N–H and O–H groups in total. The van der Waals surface area contributed by atoms with Gasteiger partial charge in [0.2, 0.25) is 0 Å². The van der Waals surface area contributed by atoms with Crippen molar-refractivity contribution in [2.24, 2.45) is 11.8 Å². The van der Waals surface area contributed by atoms with Crippen molar-refractivity contribution >= 4 is 5.97 Å². The molecule has 0 spiro atoms. The Morgan fingerprint density at radius 3 is 2.89 bits per heavy atom. The summed E-state index contributed by atoms with van der Waals surface area (Å²) in [6, 6.07) is 1.50. The second kappa shape index (κ2) is 4.20. The summed E-state index contributed by atoms with van der Waals surface area (Å²) in [4.78, 5) is 12.0. The predicted octanol–water partition coefficient (Wildman–Crippen LogP) is 1.24. The second-order valence-corrected chi connectivity index (χ2v) is 6.41. The molecule has 0 aromatic heterocycles. The number of hydrogen-bond acceptors (Lipinski definition) is 4. The van der Waals surface area contributed by atoms with Crippen LogP contribution in [-0.2, 0) is 14.3 Å². The first kappa shape index (κ1) is 11.2. The van der Waals surface area contributed by atoms with E-state index in [1.165, 1.54) is 19.3 Å². The number of carbonyl (C=O) groups excluding carboxylic acids is 1. The third kappa shape index (κ3) is 2.16. The van der Waals surface area contributed by atoms with Crippen LogP contribution in [0.4, 0.5) is 0 Å². The molecule has 0 aromatic carbocycles. The molecule has 2 aliphatic carbocycles. The van der Waals surface area contributed by atoms with Gasteiger partial charge < -0.3 is 14.8 Å². The van der Waals surface area contributed by atoms with Gasteiger partial charge in [-0.2, -0.15) is 0 Å². The molecule has 2 aliphatic heterocycles. The molecule has 100 valence electrons. The minimum Gasteiger partial charge on any atom is -0.465 e. The fourth-order valence-electron chi connectivity index (χ4n) is 3.72. The van der Waals surface area contributed by atoms with Gasteiger partial charge in [0, 0.05) is 12.1 Å². The molecule has 4 rings (SSSR count). The lowest BCUT2D eigenvalue weighted by Crippen LogP contribution is -2.27. The van der Waals surface area contributed by atoms with E-state index in [1.807, 2.05) is 0 Å². The molecular weight excluding hydrogens is 230 g/mol. The van der Waals surface area contributed by atoms with Crippen molar-refractivity contribution in [1.29, 1.82) is 0 Å². The van der Waals surface area contributed by atoms with Gasteiger partial charge in [-0.05, 0) is 44.4 Å². The van der Waals surface area contributed by atoms with Crippen molar-refractivity contribution in [3.63, 3.8) is 0 Å². The second-order valence-electron chi connectivity index (χ2n) is 6.41. The highest BCUT2D eigenvalue weighted by atomic mass is 16.6. The Morgan fingerprint density at radius 1 is 1.11 bits per heavy atom. The molecule has 0 radical (unpaired) electrons. The summed E-state index contributed by atoms with van der Waals surface area (Å²) < 4.78 is 11.0. The average Bonchev–Trinajstić information content (AvgIpc) is 3.26. The maximum atomic E-state index is 12.0. The first-order valence-corrected chi connectivity index (χ1v) is 7.38. The fourth-order valence-corrected chi connectivity index (χ4v) is 3.72. The number of epoxide rings is 1. The summed E-state index contributed by atoms with van der Waals surface area (Å²) >= 11 is 0. The number of ether oxygens (including phenoxy) is 2. The minimum absolute atomic E-state index is 0.0230. The molecule has 6 atom stereocenters. The maximum absolute atomic E-state index is 12.0. The van der Waals surface area contributed by atoms with Gasteiger partial charge in [-0.1, -0.05) is 0 Å². The van der Waals surface area contributed by atoms with Crippen molar-refractivity contribution in [3.05, 3.63) is 0 Å². The van der Waals surface area contributed by atoms with E-state index < -0.39 is 0 Å². The van der Waals surface area contributed by atoms with Crippen LogP contribution < -0.4 is 5.32 Å². The minimum atomic E-state index is 0.0230. The predicted molar refractivity (Wildman–Crippen MR) is 65.0 cm³/mol. The van der Waals surface area contributed by atoms with Crippen LogP contribution in [0.1, 0.15) is 38.5 Å². The van der Waals surface area contributed by atoms with E-state index in [9.17, 15) is 4.79 Å². The zero-order chi connectivity index (χ0) is 12.1. The number of esters is 1. The van der Waals surface area contributed by atoms with E-state index in [0.29, 0.717) is 24.7 Å². The first-order valence-electron chi connectivity index (χ1n) is 7.38. The largest absolute Gasteiger partial charge is 0.465 e. The highest BCUT2D eigenvalue weighted by molar-refractivity contribution is 5.72. The lowest BCUT2D eigenvalue weighted by atomic mass is 9.89. The number of fused-ring (bicyclic) bond motifs is 2. The monoisotopic (exact) mass is 251 g/mol. The quantitative estimate of drug-likeness (QED) is 0.605. The fraction of sp³-hybridized carbons (Fsp3) is 0.929. The van der Waals surface area contributed by atoms with Gasteiger partial charge in [0.05, 0.1) is 24.7 Å². The number of carbonyl (C=O) groups is 1. The summed E-state index contributed by atoms with van der Waals surface area (Å²) in [5.41, 5.74) is 0. The molecule has 0 aromatic rings. The van der Waals surface area contributed by atoms with E-state index in [1.54, 1.807) is 0 Å². The summed E-state index contributed by atoms with van der Waals surface area (Å²) in [5, 5.41) is 3.47. The smallest absolute Gasteiger partial charge is 0.309 e. The number of nitrogens with one attached hydrogen (secondary N) is 1. The summed E-state index contributed by atoms with van der Waals surface area (Å²) in [6.07, 6.45) is 7.37. The Morgan fingerprint density at radius 2 is 2.06 bits per heavy atom. The molecule has 2 heterocycles. The Kier molecular flexibility index (Phi) is 2.62. The van der Waals surface area contributed by atoms with Gasteiger partial charge in [0.1, 0.15) is 0 Å². The molecule has 4 fully saturated rings. The topological polar surface area (TPSA) is 60.8 Å². The first-order chi connectivity index (χ1) is 8.79. The van der Waals surface area contributed by atoms with Crippen LogP contribution in [0.15, 0.2) is 0 Å². The lowest BCUT2D eigenvalue weighted by Gasteiger charge is -2.22. The van der Waals surface area contributed by atoms with E-state index in [2.05, 4.69) is 5.32 Å². The van der Waals surface area contributed by atoms with Crippen molar-refractivity contribution < 1.29 is 14.3 Å². The van der Waals surface area contributed by atoms with E-state index in [4.69, 9.17) is 9.47 Å². The Labute approximate surface area is 107 Å². The Bertz CT molecular complexity index is 359. The molecule has 0 amide bonds. The van der Waals surface area contributed by atoms with E-state index >= 15 is 0 Å². The van der Waals surface area contributed by atoms with Crippen LogP contribution in [0.5, 0.6) is 0 Å². The van der Waals surface area contributed by atoms with E-state index in [0.717, 1.165) is 31.3 Å². The zero-order valence-electron chi connectivity index (χ0n) is 10.6. The molecule has 6 unspecified atom stereocenters. The average molecular weight is 251 g/mol. The van der Waals surface area contributed by atoms with Gasteiger partial charge in [-0.15, -0.1) is 0 Å². The summed E-state index contributed by atoms with van der Waals surface area (Å²) in [6.45, 7) is 0.634. The van der Waals surface area contributed by atoms with Crippen LogP contribution in [0, 0.1) is 11.8 Å². The number of hydrogen-bond donors (Lipinski definition) is 1. The van der Waals surface area contributed by atoms with Crippen LogP contribution in [0.3, 0.4) is 0 Å². The standard InChI is InChI=1S/C14H21NO3/c16-14(9-2-4-12-13(6-9)18-12)17-7-8-1-3-10-11(5-8)15-10/h8-13,15H,1-7H2. The third-order valence-electron chi connectivity index (χ3n) is 5.08. The molecule has 4 heteroatoms. The third-order valence-corrected chi connectivity index (χ3v) is 5.08. The van der Waals surface area contributed by atoms with Crippen LogP contribution >= 0.6 is 0 Å². The Balaban J connectivity index is 1.23. The van der Waals surface area contributed by atoms with Gasteiger partial charge in [-0.25, -0.2) is 0 Å². The SMILES string of the molecule is O=C(OCC1CCC2NC2C1)C1CCC2OC2C1. The molecule has 2 saturated heterocycles. The van der Waals surface area contributed by atoms with Gasteiger partial charge in [0.15, 0.2) is 0 Å². The van der Waals surface area contributed by atoms with Crippen LogP contribution in [0.25, 0.3) is 0 Å². The normalized spacial score (nSPS) is 48.9. The molecule has 2 saturated carbocycles. The molecule has 18 heavy (non-hydrogen) atoms. The van der Waals surface area contributed by atoms with Gasteiger partial charge in [-0.3, -0.25) is 4.79 Å². The number of rotatable bonds is 3. The maximum Gasteiger partial charge on any atom is 0.309 e. The highest BCUT2D eigenvalue weighted by Crippen LogP contribution is 2.40. The summed E-state index contributed by atoms with van der Waals surface area (Å²) in [5.74, 6) is 0.706. The van der Waals surface area contributed by atoms with Crippen molar-refractivity contribution in [1.82, 2.24) is 5.32 Å². The van der Waals surface area contributed by atoms with Gasteiger partial charge in [0.25, 0.3) is 0 Å².